The van der Waals surface area contributed by atoms with Gasteiger partial charge in [-0.25, -0.2) is 0 Å². The second-order valence-electron chi connectivity index (χ2n) is 7.63. The molecule has 166 valence electrons. The molecule has 5 nitrogen and oxygen atoms in total. The molecule has 1 aliphatic rings. The molecule has 2 unspecified atom stereocenters. The number of aryl methyl sites for hydroxylation is 1. The Labute approximate surface area is 195 Å². The zero-order valence-corrected chi connectivity index (χ0v) is 21.1. The van der Waals surface area contributed by atoms with Gasteiger partial charge in [0.2, 0.25) is 0 Å². The van der Waals surface area contributed by atoms with Crippen LogP contribution in [-0.2, 0) is 4.74 Å². The molecule has 2 N–H and O–H groups in total. The van der Waals surface area contributed by atoms with E-state index in [1.54, 1.807) is 0 Å². The van der Waals surface area contributed by atoms with Crippen LogP contribution in [0.15, 0.2) is 29.3 Å². The van der Waals surface area contributed by atoms with E-state index in [0.717, 1.165) is 64.7 Å². The van der Waals surface area contributed by atoms with Gasteiger partial charge < -0.3 is 20.3 Å². The number of guanidine groups is 1. The largest absolute Gasteiger partial charge is 0.373 e. The molecule has 1 saturated heterocycles. The van der Waals surface area contributed by atoms with Crippen molar-refractivity contribution < 1.29 is 4.74 Å². The van der Waals surface area contributed by atoms with E-state index in [1.807, 2.05) is 0 Å². The molecule has 0 bridgehead atoms. The highest BCUT2D eigenvalue weighted by atomic mass is 127. The van der Waals surface area contributed by atoms with Gasteiger partial charge in [-0.2, -0.15) is 0 Å². The summed E-state index contributed by atoms with van der Waals surface area (Å²) >= 11 is 0. The third kappa shape index (κ3) is 9.22. The fraction of sp³-hybridized carbons (Fsp3) is 0.696. The van der Waals surface area contributed by atoms with Gasteiger partial charge in [0.25, 0.3) is 0 Å². The van der Waals surface area contributed by atoms with E-state index < -0.39 is 0 Å². The second kappa shape index (κ2) is 15.0. The molecule has 0 amide bonds. The van der Waals surface area contributed by atoms with E-state index in [1.165, 1.54) is 17.5 Å². The molecule has 0 aliphatic carbocycles. The first-order valence-electron chi connectivity index (χ1n) is 11.1. The van der Waals surface area contributed by atoms with Gasteiger partial charge >= 0.3 is 0 Å². The highest BCUT2D eigenvalue weighted by Crippen LogP contribution is 2.33. The minimum Gasteiger partial charge on any atom is -0.373 e. The summed E-state index contributed by atoms with van der Waals surface area (Å²) < 4.78 is 6.14. The standard InChI is InChI=1S/C23H40N4O.HI/c1-5-24-23(25-15-9-16-27(6-2)7-3)26-18-21-10-8-17-28-22(21)20-13-11-19(4)12-14-20;/h11-14,21-22H,5-10,15-18H2,1-4H3,(H2,24,25,26);1H. The fourth-order valence-electron chi connectivity index (χ4n) is 3.75. The summed E-state index contributed by atoms with van der Waals surface area (Å²) in [5, 5.41) is 6.88. The minimum absolute atomic E-state index is 0. The van der Waals surface area contributed by atoms with Gasteiger partial charge in [0.1, 0.15) is 0 Å². The van der Waals surface area contributed by atoms with Crippen LogP contribution in [0, 0.1) is 12.8 Å². The first-order chi connectivity index (χ1) is 13.7. The van der Waals surface area contributed by atoms with Gasteiger partial charge in [0.05, 0.1) is 6.10 Å². The van der Waals surface area contributed by atoms with Crippen molar-refractivity contribution in [2.24, 2.45) is 10.9 Å². The number of ether oxygens (including phenoxy) is 1. The van der Waals surface area contributed by atoms with Gasteiger partial charge in [0, 0.05) is 32.2 Å². The molecule has 2 rings (SSSR count). The lowest BCUT2D eigenvalue weighted by Gasteiger charge is -2.31. The average Bonchev–Trinajstić information content (AvgIpc) is 2.73. The molecule has 6 heteroatoms. The van der Waals surface area contributed by atoms with Crippen molar-refractivity contribution in [1.82, 2.24) is 15.5 Å². The van der Waals surface area contributed by atoms with Gasteiger partial charge in [-0.05, 0) is 58.3 Å². The summed E-state index contributed by atoms with van der Waals surface area (Å²) in [6.45, 7) is 15.5. The average molecular weight is 517 g/mol. The summed E-state index contributed by atoms with van der Waals surface area (Å²) in [7, 11) is 0. The summed E-state index contributed by atoms with van der Waals surface area (Å²) in [6.07, 6.45) is 3.58. The number of halogens is 1. The highest BCUT2D eigenvalue weighted by molar-refractivity contribution is 14.0. The third-order valence-corrected chi connectivity index (χ3v) is 5.52. The molecule has 1 aromatic rings. The van der Waals surface area contributed by atoms with Crippen LogP contribution in [0.2, 0.25) is 0 Å². The summed E-state index contributed by atoms with van der Waals surface area (Å²) in [4.78, 5) is 7.34. The van der Waals surface area contributed by atoms with Crippen molar-refractivity contribution in [2.45, 2.75) is 53.1 Å². The number of rotatable bonds is 10. The molecule has 1 aromatic carbocycles. The Hall–Kier alpha value is -0.860. The predicted octanol–water partition coefficient (Wildman–Crippen LogP) is 4.37. The maximum atomic E-state index is 6.14. The van der Waals surface area contributed by atoms with Gasteiger partial charge in [-0.3, -0.25) is 4.99 Å². The maximum absolute atomic E-state index is 6.14. The Balaban J connectivity index is 0.00000420. The smallest absolute Gasteiger partial charge is 0.191 e. The van der Waals surface area contributed by atoms with Crippen LogP contribution in [0.1, 0.15) is 57.3 Å². The number of hydrogen-bond donors (Lipinski definition) is 2. The molecule has 0 saturated carbocycles. The van der Waals surface area contributed by atoms with E-state index in [9.17, 15) is 0 Å². The topological polar surface area (TPSA) is 48.9 Å². The monoisotopic (exact) mass is 516 g/mol. The number of nitrogens with one attached hydrogen (secondary N) is 2. The normalized spacial score (nSPS) is 19.7. The van der Waals surface area contributed by atoms with E-state index >= 15 is 0 Å². The van der Waals surface area contributed by atoms with Crippen molar-refractivity contribution in [3.05, 3.63) is 35.4 Å². The van der Waals surface area contributed by atoms with Gasteiger partial charge in [-0.1, -0.05) is 43.7 Å². The minimum atomic E-state index is 0. The van der Waals surface area contributed by atoms with Crippen molar-refractivity contribution >= 4 is 29.9 Å². The highest BCUT2D eigenvalue weighted by Gasteiger charge is 2.27. The number of hydrogen-bond acceptors (Lipinski definition) is 3. The third-order valence-electron chi connectivity index (χ3n) is 5.52. The van der Waals surface area contributed by atoms with Crippen LogP contribution >= 0.6 is 24.0 Å². The Bertz CT molecular complexity index is 575. The lowest BCUT2D eigenvalue weighted by atomic mass is 9.89. The quantitative estimate of drug-likeness (QED) is 0.210. The van der Waals surface area contributed by atoms with Crippen molar-refractivity contribution in [3.8, 4) is 0 Å². The Morgan fingerprint density at radius 2 is 1.86 bits per heavy atom. The van der Waals surface area contributed by atoms with E-state index in [2.05, 4.69) is 67.5 Å². The molecule has 1 fully saturated rings. The summed E-state index contributed by atoms with van der Waals surface area (Å²) in [6, 6.07) is 8.77. The molecule has 0 spiro atoms. The predicted molar refractivity (Wildman–Crippen MR) is 134 cm³/mol. The zero-order valence-electron chi connectivity index (χ0n) is 18.7. The SMILES string of the molecule is CCNC(=NCC1CCCOC1c1ccc(C)cc1)NCCCN(CC)CC.I. The van der Waals surface area contributed by atoms with Crippen LogP contribution < -0.4 is 10.6 Å². The number of nitrogens with zero attached hydrogens (tertiary/aromatic N) is 2. The Morgan fingerprint density at radius 1 is 1.14 bits per heavy atom. The van der Waals surface area contributed by atoms with Crippen molar-refractivity contribution in [1.29, 1.82) is 0 Å². The molecule has 1 aliphatic heterocycles. The van der Waals surface area contributed by atoms with Crippen LogP contribution in [0.3, 0.4) is 0 Å². The maximum Gasteiger partial charge on any atom is 0.191 e. The van der Waals surface area contributed by atoms with Crippen LogP contribution in [0.5, 0.6) is 0 Å². The lowest BCUT2D eigenvalue weighted by molar-refractivity contribution is -0.0250. The molecular formula is C23H41IN4O. The van der Waals surface area contributed by atoms with Crippen LogP contribution in [-0.4, -0.2) is 56.7 Å². The Kier molecular flexibility index (Phi) is 13.6. The van der Waals surface area contributed by atoms with Gasteiger partial charge in [0.15, 0.2) is 5.96 Å². The van der Waals surface area contributed by atoms with E-state index in [0.29, 0.717) is 5.92 Å². The summed E-state index contributed by atoms with van der Waals surface area (Å²) in [5.74, 6) is 1.36. The van der Waals surface area contributed by atoms with Crippen LogP contribution in [0.4, 0.5) is 0 Å². The molecule has 0 aromatic heterocycles. The van der Waals surface area contributed by atoms with Crippen molar-refractivity contribution in [3.63, 3.8) is 0 Å². The first kappa shape index (κ1) is 26.2. The first-order valence-corrected chi connectivity index (χ1v) is 11.1. The van der Waals surface area contributed by atoms with Crippen molar-refractivity contribution in [2.75, 3.05) is 45.9 Å². The molecule has 0 radical (unpaired) electrons. The number of aliphatic imine (C=N–C) groups is 1. The second-order valence-corrected chi connectivity index (χ2v) is 7.63. The fourth-order valence-corrected chi connectivity index (χ4v) is 3.75. The Morgan fingerprint density at radius 3 is 2.52 bits per heavy atom. The molecule has 29 heavy (non-hydrogen) atoms. The number of benzene rings is 1. The van der Waals surface area contributed by atoms with Gasteiger partial charge in [-0.15, -0.1) is 24.0 Å². The molecule has 2 atom stereocenters. The van der Waals surface area contributed by atoms with E-state index in [-0.39, 0.29) is 30.1 Å². The molecule has 1 heterocycles. The zero-order chi connectivity index (χ0) is 20.2. The molecular weight excluding hydrogens is 475 g/mol. The summed E-state index contributed by atoms with van der Waals surface area (Å²) in [5.41, 5.74) is 2.57. The lowest BCUT2D eigenvalue weighted by Crippen LogP contribution is -2.39. The van der Waals surface area contributed by atoms with E-state index in [4.69, 9.17) is 9.73 Å². The van der Waals surface area contributed by atoms with Crippen LogP contribution in [0.25, 0.3) is 0 Å².